The summed E-state index contributed by atoms with van der Waals surface area (Å²) in [6, 6.07) is 6.75. The van der Waals surface area contributed by atoms with Gasteiger partial charge in [-0.15, -0.1) is 12.3 Å². The SMILES string of the molecule is C#CCCCCNC(=S)Nc1ccc(O)cc1. The normalized spacial score (nSPS) is 9.35. The molecule has 0 unspecified atom stereocenters. The summed E-state index contributed by atoms with van der Waals surface area (Å²) in [6.45, 7) is 0.811. The van der Waals surface area contributed by atoms with E-state index in [4.69, 9.17) is 23.7 Å². The fourth-order valence-electron chi connectivity index (χ4n) is 1.27. The third-order valence-electron chi connectivity index (χ3n) is 2.16. The third-order valence-corrected chi connectivity index (χ3v) is 2.41. The van der Waals surface area contributed by atoms with Gasteiger partial charge >= 0.3 is 0 Å². The number of phenols is 1. The van der Waals surface area contributed by atoms with Gasteiger partial charge in [0.15, 0.2) is 5.11 Å². The average Bonchev–Trinajstić information content (AvgIpc) is 2.32. The van der Waals surface area contributed by atoms with E-state index in [0.717, 1.165) is 31.5 Å². The molecule has 0 saturated carbocycles. The molecule has 4 heteroatoms. The fraction of sp³-hybridized carbons (Fsp3) is 0.308. The largest absolute Gasteiger partial charge is 0.508 e. The van der Waals surface area contributed by atoms with Crippen LogP contribution in [0.3, 0.4) is 0 Å². The average molecular weight is 248 g/mol. The minimum Gasteiger partial charge on any atom is -0.508 e. The van der Waals surface area contributed by atoms with Crippen LogP contribution in [-0.2, 0) is 0 Å². The molecule has 1 aromatic rings. The number of anilines is 1. The maximum absolute atomic E-state index is 9.12. The molecule has 0 spiro atoms. The number of benzene rings is 1. The van der Waals surface area contributed by atoms with Crippen molar-refractivity contribution in [3.8, 4) is 18.1 Å². The number of hydrogen-bond acceptors (Lipinski definition) is 2. The van der Waals surface area contributed by atoms with Crippen LogP contribution in [0.4, 0.5) is 5.69 Å². The molecule has 1 aromatic carbocycles. The van der Waals surface area contributed by atoms with E-state index in [1.165, 1.54) is 0 Å². The highest BCUT2D eigenvalue weighted by Gasteiger charge is 1.96. The van der Waals surface area contributed by atoms with Crippen LogP contribution in [0.2, 0.25) is 0 Å². The summed E-state index contributed by atoms with van der Waals surface area (Å²) in [4.78, 5) is 0. The molecule has 0 fully saturated rings. The topological polar surface area (TPSA) is 44.3 Å². The van der Waals surface area contributed by atoms with E-state index < -0.39 is 0 Å². The summed E-state index contributed by atoms with van der Waals surface area (Å²) in [7, 11) is 0. The van der Waals surface area contributed by atoms with Crippen molar-refractivity contribution in [2.75, 3.05) is 11.9 Å². The van der Waals surface area contributed by atoms with Gasteiger partial charge in [-0.25, -0.2) is 0 Å². The monoisotopic (exact) mass is 248 g/mol. The molecule has 0 bridgehead atoms. The van der Waals surface area contributed by atoms with Crippen molar-refractivity contribution in [2.24, 2.45) is 0 Å². The molecule has 0 aliphatic heterocycles. The first-order valence-corrected chi connectivity index (χ1v) is 5.90. The van der Waals surface area contributed by atoms with Crippen LogP contribution >= 0.6 is 12.2 Å². The first-order valence-electron chi connectivity index (χ1n) is 5.49. The second kappa shape index (κ2) is 7.53. The smallest absolute Gasteiger partial charge is 0.170 e. The summed E-state index contributed by atoms with van der Waals surface area (Å²) in [5.74, 6) is 2.84. The molecule has 0 saturated heterocycles. The highest BCUT2D eigenvalue weighted by molar-refractivity contribution is 7.80. The number of nitrogens with one attached hydrogen (secondary N) is 2. The fourth-order valence-corrected chi connectivity index (χ4v) is 1.49. The molecular formula is C13H16N2OS. The zero-order valence-corrected chi connectivity index (χ0v) is 10.4. The Labute approximate surface area is 107 Å². The number of terminal acetylenes is 1. The zero-order valence-electron chi connectivity index (χ0n) is 9.57. The molecule has 1 rings (SSSR count). The molecule has 0 aromatic heterocycles. The minimum atomic E-state index is 0.240. The Hall–Kier alpha value is -1.73. The van der Waals surface area contributed by atoms with E-state index in [1.54, 1.807) is 24.3 Å². The van der Waals surface area contributed by atoms with Crippen molar-refractivity contribution in [3.63, 3.8) is 0 Å². The second-order valence-corrected chi connectivity index (χ2v) is 4.00. The maximum Gasteiger partial charge on any atom is 0.170 e. The van der Waals surface area contributed by atoms with E-state index in [9.17, 15) is 0 Å². The molecule has 0 aliphatic carbocycles. The van der Waals surface area contributed by atoms with Crippen LogP contribution in [0.25, 0.3) is 0 Å². The molecule has 0 atom stereocenters. The standard InChI is InChI=1S/C13H16N2OS/c1-2-3-4-5-10-14-13(17)15-11-6-8-12(16)9-7-11/h1,6-9,16H,3-5,10H2,(H2,14,15,17). The van der Waals surface area contributed by atoms with Crippen molar-refractivity contribution in [1.82, 2.24) is 5.32 Å². The Morgan fingerprint density at radius 1 is 1.29 bits per heavy atom. The number of hydrogen-bond donors (Lipinski definition) is 3. The lowest BCUT2D eigenvalue weighted by molar-refractivity contribution is 0.475. The summed E-state index contributed by atoms with van der Waals surface area (Å²) in [5, 5.41) is 15.8. The van der Waals surface area contributed by atoms with E-state index in [1.807, 2.05) is 0 Å². The molecule has 90 valence electrons. The summed E-state index contributed by atoms with van der Waals surface area (Å²) < 4.78 is 0. The lowest BCUT2D eigenvalue weighted by Gasteiger charge is -2.10. The van der Waals surface area contributed by atoms with Gasteiger partial charge in [0.05, 0.1) is 0 Å². The Kier molecular flexibility index (Phi) is 5.91. The van der Waals surface area contributed by atoms with Gasteiger partial charge in [0, 0.05) is 18.7 Å². The molecule has 3 N–H and O–H groups in total. The van der Waals surface area contributed by atoms with Crippen molar-refractivity contribution in [1.29, 1.82) is 0 Å². The Bertz CT molecular complexity index is 395. The zero-order chi connectivity index (χ0) is 12.5. The lowest BCUT2D eigenvalue weighted by atomic mass is 10.2. The molecular weight excluding hydrogens is 232 g/mol. The van der Waals surface area contributed by atoms with Crippen molar-refractivity contribution in [3.05, 3.63) is 24.3 Å². The quantitative estimate of drug-likeness (QED) is 0.324. The van der Waals surface area contributed by atoms with Crippen LogP contribution in [0.1, 0.15) is 19.3 Å². The van der Waals surface area contributed by atoms with Crippen LogP contribution in [-0.4, -0.2) is 16.8 Å². The van der Waals surface area contributed by atoms with E-state index in [-0.39, 0.29) is 5.75 Å². The highest BCUT2D eigenvalue weighted by atomic mass is 32.1. The van der Waals surface area contributed by atoms with Crippen molar-refractivity contribution < 1.29 is 5.11 Å². The number of rotatable bonds is 5. The van der Waals surface area contributed by atoms with Gasteiger partial charge in [-0.3, -0.25) is 0 Å². The first-order chi connectivity index (χ1) is 8.22. The first kappa shape index (κ1) is 13.3. The highest BCUT2D eigenvalue weighted by Crippen LogP contribution is 2.13. The van der Waals surface area contributed by atoms with Gasteiger partial charge in [-0.1, -0.05) is 0 Å². The van der Waals surface area contributed by atoms with Gasteiger partial charge in [0.1, 0.15) is 5.75 Å². The van der Waals surface area contributed by atoms with Crippen LogP contribution in [0.5, 0.6) is 5.75 Å². The Morgan fingerprint density at radius 2 is 2.00 bits per heavy atom. The van der Waals surface area contributed by atoms with E-state index in [2.05, 4.69) is 16.6 Å². The maximum atomic E-state index is 9.12. The minimum absolute atomic E-state index is 0.240. The second-order valence-electron chi connectivity index (χ2n) is 3.59. The predicted octanol–water partition coefficient (Wildman–Crippen LogP) is 2.48. The Morgan fingerprint density at radius 3 is 2.65 bits per heavy atom. The van der Waals surface area contributed by atoms with E-state index >= 15 is 0 Å². The summed E-state index contributed by atoms with van der Waals surface area (Å²) in [6.07, 6.45) is 7.97. The molecule has 0 radical (unpaired) electrons. The van der Waals surface area contributed by atoms with Gasteiger partial charge < -0.3 is 15.7 Å². The van der Waals surface area contributed by atoms with Gasteiger partial charge in [-0.2, -0.15) is 0 Å². The summed E-state index contributed by atoms with van der Waals surface area (Å²) in [5.41, 5.74) is 0.851. The third kappa shape index (κ3) is 5.79. The number of phenolic OH excluding ortho intramolecular Hbond substituents is 1. The van der Waals surface area contributed by atoms with Crippen LogP contribution in [0.15, 0.2) is 24.3 Å². The van der Waals surface area contributed by atoms with Gasteiger partial charge in [0.2, 0.25) is 0 Å². The van der Waals surface area contributed by atoms with Crippen LogP contribution in [0, 0.1) is 12.3 Å². The molecule has 17 heavy (non-hydrogen) atoms. The summed E-state index contributed by atoms with van der Waals surface area (Å²) >= 11 is 5.12. The predicted molar refractivity (Wildman–Crippen MR) is 75.0 cm³/mol. The molecule has 3 nitrogen and oxygen atoms in total. The number of aromatic hydroxyl groups is 1. The van der Waals surface area contributed by atoms with E-state index in [0.29, 0.717) is 5.11 Å². The number of thiocarbonyl (C=S) groups is 1. The van der Waals surface area contributed by atoms with Crippen LogP contribution < -0.4 is 10.6 Å². The van der Waals surface area contributed by atoms with Crippen molar-refractivity contribution in [2.45, 2.75) is 19.3 Å². The Balaban J connectivity index is 2.21. The molecule has 0 heterocycles. The van der Waals surface area contributed by atoms with Gasteiger partial charge in [0.25, 0.3) is 0 Å². The molecule has 0 amide bonds. The number of unbranched alkanes of at least 4 members (excludes halogenated alkanes) is 2. The molecule has 0 aliphatic rings. The van der Waals surface area contributed by atoms with Gasteiger partial charge in [-0.05, 0) is 49.3 Å². The lowest BCUT2D eigenvalue weighted by Crippen LogP contribution is -2.29. The van der Waals surface area contributed by atoms with Crippen molar-refractivity contribution >= 4 is 23.0 Å².